The zero-order chi connectivity index (χ0) is 13.4. The molecule has 0 aliphatic carbocycles. The van der Waals surface area contributed by atoms with E-state index in [0.717, 1.165) is 5.56 Å². The summed E-state index contributed by atoms with van der Waals surface area (Å²) in [5.41, 5.74) is 0.906. The molecule has 0 spiro atoms. The van der Waals surface area contributed by atoms with Crippen LogP contribution in [-0.4, -0.2) is 17.0 Å². The van der Waals surface area contributed by atoms with Gasteiger partial charge in [-0.2, -0.15) is 0 Å². The second kappa shape index (κ2) is 6.68. The minimum Gasteiger partial charge on any atom is -0.481 e. The Labute approximate surface area is 102 Å². The molecule has 0 aliphatic heterocycles. The highest BCUT2D eigenvalue weighted by atomic mass is 16.5. The zero-order valence-electron chi connectivity index (χ0n) is 10.8. The average molecular weight is 237 g/mol. The Bertz CT molecular complexity index is 417. The average Bonchev–Trinajstić information content (AvgIpc) is 2.37. The van der Waals surface area contributed by atoms with Gasteiger partial charge in [0.05, 0.1) is 0 Å². The highest BCUT2D eigenvalue weighted by Gasteiger charge is 2.07. The maximum absolute atomic E-state index is 11.5. The van der Waals surface area contributed by atoms with E-state index in [1.165, 1.54) is 0 Å². The van der Waals surface area contributed by atoms with E-state index < -0.39 is 5.97 Å². The maximum Gasteiger partial charge on any atom is 0.311 e. The minimum atomic E-state index is -0.581. The molecule has 0 unspecified atom stereocenters. The summed E-state index contributed by atoms with van der Waals surface area (Å²) in [4.78, 5) is 22.2. The SMILES string of the molecule is [2H]OC(=O)CCCCC(=O)Oc1ccccc1C. The molecule has 0 atom stereocenters. The number of rotatable bonds is 6. The van der Waals surface area contributed by atoms with Crippen LogP contribution in [0.2, 0.25) is 0 Å². The molecule has 0 bridgehead atoms. The van der Waals surface area contributed by atoms with Crippen LogP contribution in [-0.2, 0) is 9.59 Å². The number of ether oxygens (including phenoxy) is 1. The molecule has 92 valence electrons. The maximum atomic E-state index is 11.5. The molecule has 0 amide bonds. The van der Waals surface area contributed by atoms with Crippen molar-refractivity contribution in [3.8, 4) is 5.75 Å². The second-order valence-corrected chi connectivity index (χ2v) is 3.82. The van der Waals surface area contributed by atoms with Gasteiger partial charge in [-0.15, -0.1) is 0 Å². The van der Waals surface area contributed by atoms with Crippen molar-refractivity contribution in [1.82, 2.24) is 0 Å². The number of carboxylic acids is 1. The summed E-state index contributed by atoms with van der Waals surface area (Å²) in [6.07, 6.45) is 1.46. The molecule has 0 heterocycles. The molecule has 1 aromatic carbocycles. The van der Waals surface area contributed by atoms with Crippen LogP contribution >= 0.6 is 0 Å². The number of carbonyl (C=O) groups excluding carboxylic acids is 1. The fourth-order valence-corrected chi connectivity index (χ4v) is 1.38. The molecule has 4 heteroatoms. The number of esters is 1. The number of hydrogen-bond donors (Lipinski definition) is 1. The molecule has 0 aromatic heterocycles. The van der Waals surface area contributed by atoms with Gasteiger partial charge in [0.15, 0.2) is 0 Å². The van der Waals surface area contributed by atoms with Crippen LogP contribution in [0.1, 0.15) is 31.2 Å². The lowest BCUT2D eigenvalue weighted by molar-refractivity contribution is -0.138. The number of aliphatic carboxylic acids is 1. The normalized spacial score (nSPS) is 10.5. The van der Waals surface area contributed by atoms with Crippen molar-refractivity contribution in [1.29, 1.82) is 1.43 Å². The molecular formula is C13H16O4. The van der Waals surface area contributed by atoms with Crippen molar-refractivity contribution >= 4 is 11.9 Å². The summed E-state index contributed by atoms with van der Waals surface area (Å²) in [5, 5.41) is 3.76. The van der Waals surface area contributed by atoms with E-state index in [-0.39, 0.29) is 18.8 Å². The highest BCUT2D eigenvalue weighted by molar-refractivity contribution is 5.72. The van der Waals surface area contributed by atoms with E-state index in [9.17, 15) is 9.59 Å². The predicted molar refractivity (Wildman–Crippen MR) is 62.9 cm³/mol. The number of benzene rings is 1. The van der Waals surface area contributed by atoms with Crippen LogP contribution in [0.3, 0.4) is 0 Å². The van der Waals surface area contributed by atoms with Crippen LogP contribution < -0.4 is 4.74 Å². The van der Waals surface area contributed by atoms with Gasteiger partial charge in [-0.1, -0.05) is 18.2 Å². The van der Waals surface area contributed by atoms with Crippen molar-refractivity contribution < 1.29 is 19.4 Å². The van der Waals surface area contributed by atoms with Gasteiger partial charge in [-0.25, -0.2) is 0 Å². The Morgan fingerprint density at radius 2 is 2.00 bits per heavy atom. The Hall–Kier alpha value is -1.84. The van der Waals surface area contributed by atoms with Crippen molar-refractivity contribution in [3.63, 3.8) is 0 Å². The van der Waals surface area contributed by atoms with Crippen LogP contribution in [0.15, 0.2) is 24.3 Å². The predicted octanol–water partition coefficient (Wildman–Crippen LogP) is 2.55. The largest absolute Gasteiger partial charge is 0.481 e. The number of para-hydroxylation sites is 1. The van der Waals surface area contributed by atoms with E-state index >= 15 is 0 Å². The van der Waals surface area contributed by atoms with Crippen LogP contribution in [0.25, 0.3) is 1.43 Å². The molecule has 0 fully saturated rings. The molecule has 0 aliphatic rings. The lowest BCUT2D eigenvalue weighted by atomic mass is 10.2. The Balaban J connectivity index is 2.26. The van der Waals surface area contributed by atoms with Gasteiger partial charge in [0.25, 0.3) is 1.43 Å². The summed E-state index contributed by atoms with van der Waals surface area (Å²) in [6, 6.07) is 7.29. The Kier molecular flexibility index (Phi) is 4.57. The monoisotopic (exact) mass is 237 g/mol. The fraction of sp³-hybridized carbons (Fsp3) is 0.385. The van der Waals surface area contributed by atoms with E-state index in [0.29, 0.717) is 18.6 Å². The first-order chi connectivity index (χ1) is 8.63. The van der Waals surface area contributed by atoms with Gasteiger partial charge in [0.1, 0.15) is 5.75 Å². The van der Waals surface area contributed by atoms with E-state index in [1.54, 1.807) is 12.1 Å². The summed E-state index contributed by atoms with van der Waals surface area (Å²) in [7, 11) is 0. The van der Waals surface area contributed by atoms with Gasteiger partial charge in [-0.3, -0.25) is 9.59 Å². The molecule has 17 heavy (non-hydrogen) atoms. The molecule has 1 aromatic rings. The Morgan fingerprint density at radius 3 is 2.71 bits per heavy atom. The van der Waals surface area contributed by atoms with E-state index in [2.05, 4.69) is 5.11 Å². The first-order valence-electron chi connectivity index (χ1n) is 5.96. The second-order valence-electron chi connectivity index (χ2n) is 3.82. The number of aryl methyl sites for hydroxylation is 1. The van der Waals surface area contributed by atoms with Gasteiger partial charge in [0, 0.05) is 12.8 Å². The molecule has 1 rings (SSSR count). The first-order valence-corrected chi connectivity index (χ1v) is 5.56. The summed E-state index contributed by atoms with van der Waals surface area (Å²) < 4.78 is 11.5. The third-order valence-electron chi connectivity index (χ3n) is 2.33. The van der Waals surface area contributed by atoms with Crippen LogP contribution in [0.5, 0.6) is 5.75 Å². The fourth-order valence-electron chi connectivity index (χ4n) is 1.38. The number of unbranched alkanes of at least 4 members (excludes halogenated alkanes) is 1. The van der Waals surface area contributed by atoms with Crippen molar-refractivity contribution in [2.45, 2.75) is 32.6 Å². The molecule has 0 saturated heterocycles. The smallest absolute Gasteiger partial charge is 0.311 e. The minimum absolute atomic E-state index is 0.154. The molecule has 0 radical (unpaired) electrons. The van der Waals surface area contributed by atoms with Crippen molar-refractivity contribution in [2.75, 3.05) is 0 Å². The van der Waals surface area contributed by atoms with Gasteiger partial charge < -0.3 is 9.85 Å². The lowest BCUT2D eigenvalue weighted by Crippen LogP contribution is -2.08. The summed E-state index contributed by atoms with van der Waals surface area (Å²) >= 11 is 0. The molecule has 4 nitrogen and oxygen atoms in total. The summed E-state index contributed by atoms with van der Waals surface area (Å²) in [5.74, 6) is -0.334. The number of carbonyl (C=O) groups is 2. The number of hydrogen-bond acceptors (Lipinski definition) is 4. The van der Waals surface area contributed by atoms with Crippen molar-refractivity contribution in [3.05, 3.63) is 29.8 Å². The summed E-state index contributed by atoms with van der Waals surface area (Å²) in [6.45, 7) is 1.87. The highest BCUT2D eigenvalue weighted by Crippen LogP contribution is 2.17. The third-order valence-corrected chi connectivity index (χ3v) is 2.33. The number of carboxylic acid groups (broad SMARTS) is 1. The van der Waals surface area contributed by atoms with Gasteiger partial charge in [-0.05, 0) is 31.4 Å². The topological polar surface area (TPSA) is 63.6 Å². The standard InChI is InChI=1S/C13H16O4/c1-10-6-2-3-7-11(10)17-13(16)9-5-4-8-12(14)15/h2-3,6-7H,4-5,8-9H2,1H3,(H,14,15)/i/hD. The molecular weight excluding hydrogens is 220 g/mol. The van der Waals surface area contributed by atoms with Crippen LogP contribution in [0.4, 0.5) is 0 Å². The first kappa shape index (κ1) is 11.6. The Morgan fingerprint density at radius 1 is 1.29 bits per heavy atom. The third kappa shape index (κ3) is 5.15. The zero-order valence-corrected chi connectivity index (χ0v) is 9.77. The molecule has 0 saturated carbocycles. The van der Waals surface area contributed by atoms with Crippen LogP contribution in [0, 0.1) is 6.92 Å². The van der Waals surface area contributed by atoms with E-state index in [4.69, 9.17) is 6.17 Å². The van der Waals surface area contributed by atoms with Gasteiger partial charge in [0.2, 0.25) is 0 Å². The van der Waals surface area contributed by atoms with Crippen molar-refractivity contribution in [2.24, 2.45) is 0 Å². The molecule has 1 N–H and O–H groups in total. The van der Waals surface area contributed by atoms with Gasteiger partial charge >= 0.3 is 11.9 Å². The van der Waals surface area contributed by atoms with E-state index in [1.807, 2.05) is 19.1 Å². The quantitative estimate of drug-likeness (QED) is 0.469. The lowest BCUT2D eigenvalue weighted by Gasteiger charge is -2.06.